The minimum absolute atomic E-state index is 0. The number of aromatic nitrogens is 2. The molecule has 0 spiro atoms. The van der Waals surface area contributed by atoms with Crippen molar-refractivity contribution < 1.29 is 21.9 Å². The molecule has 0 saturated carbocycles. The highest BCUT2D eigenvalue weighted by atomic mass is 35.5. The Hall–Kier alpha value is -2.04. The van der Waals surface area contributed by atoms with Crippen LogP contribution in [-0.2, 0) is 17.9 Å². The largest absolute Gasteiger partial charge is 1.00 e. The lowest BCUT2D eigenvalue weighted by atomic mass is 10.2. The number of nitrogens with zero attached hydrogens (tertiary/aromatic N) is 2. The molecule has 25 heavy (non-hydrogen) atoms. The average molecular weight is 360 g/mol. The number of fused-ring (bicyclic) bond motifs is 1. The van der Waals surface area contributed by atoms with Crippen molar-refractivity contribution >= 4 is 11.0 Å². The summed E-state index contributed by atoms with van der Waals surface area (Å²) in [6.07, 6.45) is 2.05. The SMILES string of the molecule is COCc1nc2ccccc2n1CCCCOc1ccccc1C.[Cl-]. The summed E-state index contributed by atoms with van der Waals surface area (Å²) < 4.78 is 13.4. The summed E-state index contributed by atoms with van der Waals surface area (Å²) in [5.74, 6) is 1.96. The van der Waals surface area contributed by atoms with E-state index in [1.165, 1.54) is 11.1 Å². The molecule has 1 heterocycles. The molecule has 0 bridgehead atoms. The number of benzene rings is 2. The topological polar surface area (TPSA) is 36.3 Å². The zero-order chi connectivity index (χ0) is 16.8. The lowest BCUT2D eigenvalue weighted by Crippen LogP contribution is -3.00. The minimum atomic E-state index is 0. The van der Waals surface area contributed by atoms with Crippen LogP contribution in [-0.4, -0.2) is 23.3 Å². The fraction of sp³-hybridized carbons (Fsp3) is 0.350. The highest BCUT2D eigenvalue weighted by molar-refractivity contribution is 5.75. The van der Waals surface area contributed by atoms with E-state index in [1.54, 1.807) is 7.11 Å². The minimum Gasteiger partial charge on any atom is -1.00 e. The monoisotopic (exact) mass is 359 g/mol. The quantitative estimate of drug-likeness (QED) is 0.570. The van der Waals surface area contributed by atoms with Gasteiger partial charge in [0, 0.05) is 13.7 Å². The van der Waals surface area contributed by atoms with Crippen molar-refractivity contribution in [3.63, 3.8) is 0 Å². The third-order valence-electron chi connectivity index (χ3n) is 4.13. The van der Waals surface area contributed by atoms with Crippen LogP contribution in [0.25, 0.3) is 11.0 Å². The molecule has 0 fully saturated rings. The zero-order valence-electron chi connectivity index (χ0n) is 14.7. The van der Waals surface area contributed by atoms with Crippen LogP contribution in [0.15, 0.2) is 48.5 Å². The summed E-state index contributed by atoms with van der Waals surface area (Å²) in [7, 11) is 1.71. The molecule has 4 nitrogen and oxygen atoms in total. The van der Waals surface area contributed by atoms with Gasteiger partial charge in [0.2, 0.25) is 0 Å². The molecule has 0 aliphatic rings. The predicted octanol–water partition coefficient (Wildman–Crippen LogP) is 1.35. The van der Waals surface area contributed by atoms with Crippen molar-refractivity contribution in [3.8, 4) is 5.75 Å². The van der Waals surface area contributed by atoms with E-state index in [9.17, 15) is 0 Å². The number of rotatable bonds is 8. The molecule has 0 aliphatic heterocycles. The maximum atomic E-state index is 5.87. The Kier molecular flexibility index (Phi) is 7.29. The van der Waals surface area contributed by atoms with Gasteiger partial charge in [0.25, 0.3) is 0 Å². The number of aryl methyl sites for hydroxylation is 2. The fourth-order valence-corrected chi connectivity index (χ4v) is 2.89. The van der Waals surface area contributed by atoms with Gasteiger partial charge < -0.3 is 26.4 Å². The Balaban J connectivity index is 0.00000225. The first-order valence-electron chi connectivity index (χ1n) is 8.41. The first-order chi connectivity index (χ1) is 11.8. The fourth-order valence-electron chi connectivity index (χ4n) is 2.89. The summed E-state index contributed by atoms with van der Waals surface area (Å²) in [5, 5.41) is 0. The maximum absolute atomic E-state index is 5.87. The van der Waals surface area contributed by atoms with Crippen LogP contribution in [0.4, 0.5) is 0 Å². The van der Waals surface area contributed by atoms with Gasteiger partial charge in [-0.1, -0.05) is 30.3 Å². The number of ether oxygens (including phenoxy) is 2. The maximum Gasteiger partial charge on any atom is 0.135 e. The van der Waals surface area contributed by atoms with Crippen molar-refractivity contribution in [2.75, 3.05) is 13.7 Å². The summed E-state index contributed by atoms with van der Waals surface area (Å²) in [5.41, 5.74) is 3.38. The Morgan fingerprint density at radius 2 is 1.76 bits per heavy atom. The molecule has 0 atom stereocenters. The number of methoxy groups -OCH3 is 1. The van der Waals surface area contributed by atoms with Gasteiger partial charge in [0.05, 0.1) is 17.6 Å². The summed E-state index contributed by atoms with van der Waals surface area (Å²) >= 11 is 0. The second-order valence-corrected chi connectivity index (χ2v) is 5.92. The second-order valence-electron chi connectivity index (χ2n) is 5.92. The Morgan fingerprint density at radius 3 is 2.56 bits per heavy atom. The Morgan fingerprint density at radius 1 is 1.00 bits per heavy atom. The molecule has 5 heteroatoms. The number of unbranched alkanes of at least 4 members (excludes halogenated alkanes) is 1. The first-order valence-corrected chi connectivity index (χ1v) is 8.41. The van der Waals surface area contributed by atoms with Crippen LogP contribution in [0.3, 0.4) is 0 Å². The van der Waals surface area contributed by atoms with Crippen molar-refractivity contribution in [3.05, 3.63) is 59.9 Å². The molecular weight excluding hydrogens is 336 g/mol. The summed E-state index contributed by atoms with van der Waals surface area (Å²) in [4.78, 5) is 4.67. The van der Waals surface area contributed by atoms with Gasteiger partial charge >= 0.3 is 0 Å². The summed E-state index contributed by atoms with van der Waals surface area (Å²) in [6.45, 7) is 4.27. The van der Waals surface area contributed by atoms with Crippen LogP contribution in [0, 0.1) is 6.92 Å². The highest BCUT2D eigenvalue weighted by Crippen LogP contribution is 2.19. The van der Waals surface area contributed by atoms with Gasteiger partial charge in [-0.15, -0.1) is 0 Å². The van der Waals surface area contributed by atoms with E-state index < -0.39 is 0 Å². The number of para-hydroxylation sites is 3. The Labute approximate surface area is 155 Å². The van der Waals surface area contributed by atoms with Gasteiger partial charge in [-0.3, -0.25) is 0 Å². The van der Waals surface area contributed by atoms with E-state index in [2.05, 4.69) is 34.7 Å². The van der Waals surface area contributed by atoms with Crippen LogP contribution in [0.1, 0.15) is 24.2 Å². The number of hydrogen-bond acceptors (Lipinski definition) is 3. The van der Waals surface area contributed by atoms with Crippen LogP contribution < -0.4 is 17.1 Å². The molecule has 3 aromatic rings. The van der Waals surface area contributed by atoms with Crippen molar-refractivity contribution in [2.45, 2.75) is 32.9 Å². The zero-order valence-corrected chi connectivity index (χ0v) is 15.5. The second kappa shape index (κ2) is 9.44. The van der Waals surface area contributed by atoms with E-state index in [0.29, 0.717) is 6.61 Å². The predicted molar refractivity (Wildman–Crippen MR) is 96.4 cm³/mol. The van der Waals surface area contributed by atoms with Gasteiger partial charge in [-0.2, -0.15) is 0 Å². The number of imidazole rings is 1. The lowest BCUT2D eigenvalue weighted by Gasteiger charge is -2.10. The molecule has 0 aliphatic carbocycles. The highest BCUT2D eigenvalue weighted by Gasteiger charge is 2.09. The van der Waals surface area contributed by atoms with E-state index in [1.807, 2.05) is 30.3 Å². The van der Waals surface area contributed by atoms with Crippen LogP contribution in [0.2, 0.25) is 0 Å². The lowest BCUT2D eigenvalue weighted by molar-refractivity contribution is -0.00000570. The van der Waals surface area contributed by atoms with Gasteiger partial charge in [0.1, 0.15) is 18.2 Å². The van der Waals surface area contributed by atoms with Crippen LogP contribution in [0.5, 0.6) is 5.75 Å². The third kappa shape index (κ3) is 4.74. The van der Waals surface area contributed by atoms with Crippen molar-refractivity contribution in [2.24, 2.45) is 0 Å². The molecule has 2 aromatic carbocycles. The normalized spacial score (nSPS) is 10.6. The molecule has 0 amide bonds. The number of hydrogen-bond donors (Lipinski definition) is 0. The standard InChI is InChI=1S/C20H24N2O2.ClH/c1-16-9-3-6-12-19(16)24-14-8-7-13-22-18-11-5-4-10-17(18)21-20(22)15-23-2;/h3-6,9-12H,7-8,13-15H2,1-2H3;1H/p-1. The van der Waals surface area contributed by atoms with Gasteiger partial charge in [-0.05, 0) is 43.5 Å². The molecule has 134 valence electrons. The molecular formula is C20H24ClN2O2-. The van der Waals surface area contributed by atoms with E-state index >= 15 is 0 Å². The summed E-state index contributed by atoms with van der Waals surface area (Å²) in [6, 6.07) is 16.4. The van der Waals surface area contributed by atoms with E-state index in [4.69, 9.17) is 9.47 Å². The average Bonchev–Trinajstić information content (AvgIpc) is 2.94. The molecule has 0 saturated heterocycles. The number of halogens is 1. The van der Waals surface area contributed by atoms with Crippen molar-refractivity contribution in [1.82, 2.24) is 9.55 Å². The van der Waals surface area contributed by atoms with Gasteiger partial charge in [0.15, 0.2) is 0 Å². The van der Waals surface area contributed by atoms with Crippen molar-refractivity contribution in [1.29, 1.82) is 0 Å². The third-order valence-corrected chi connectivity index (χ3v) is 4.13. The molecule has 3 rings (SSSR count). The van der Waals surface area contributed by atoms with Crippen LogP contribution >= 0.6 is 0 Å². The smallest absolute Gasteiger partial charge is 0.135 e. The molecule has 1 aromatic heterocycles. The molecule has 0 unspecified atom stereocenters. The first kappa shape index (κ1) is 19.3. The Bertz CT molecular complexity index is 801. The molecule has 0 N–H and O–H groups in total. The molecule has 0 radical (unpaired) electrons. The van der Waals surface area contributed by atoms with E-state index in [0.717, 1.165) is 43.1 Å². The van der Waals surface area contributed by atoms with E-state index in [-0.39, 0.29) is 12.4 Å². The van der Waals surface area contributed by atoms with Gasteiger partial charge in [-0.25, -0.2) is 4.98 Å².